The van der Waals surface area contributed by atoms with Gasteiger partial charge in [0.05, 0.1) is 5.70 Å². The van der Waals surface area contributed by atoms with Crippen molar-refractivity contribution in [2.75, 3.05) is 13.1 Å². The normalized spacial score (nSPS) is 21.1. The van der Waals surface area contributed by atoms with Crippen LogP contribution in [0.25, 0.3) is 0 Å². The fraction of sp³-hybridized carbons (Fsp3) is 0.667. The molecule has 2 N–H and O–H groups in total. The van der Waals surface area contributed by atoms with Crippen molar-refractivity contribution >= 4 is 0 Å². The minimum absolute atomic E-state index is 0.291. The number of hydrogen-bond donors (Lipinski definition) is 1. The van der Waals surface area contributed by atoms with Gasteiger partial charge in [0.2, 0.25) is 0 Å². The van der Waals surface area contributed by atoms with E-state index in [0.717, 1.165) is 31.1 Å². The van der Waals surface area contributed by atoms with E-state index in [2.05, 4.69) is 32.6 Å². The molecule has 0 radical (unpaired) electrons. The van der Waals surface area contributed by atoms with Crippen molar-refractivity contribution in [3.05, 3.63) is 23.4 Å². The van der Waals surface area contributed by atoms with Crippen molar-refractivity contribution in [2.24, 2.45) is 11.7 Å². The maximum absolute atomic E-state index is 5.83. The highest BCUT2D eigenvalue weighted by molar-refractivity contribution is 5.22. The van der Waals surface area contributed by atoms with Gasteiger partial charge < -0.3 is 15.4 Å². The molecule has 0 aromatic carbocycles. The van der Waals surface area contributed by atoms with Gasteiger partial charge in [0, 0.05) is 19.0 Å². The zero-order valence-electron chi connectivity index (χ0n) is 10.2. The molecule has 15 heavy (non-hydrogen) atoms. The molecule has 0 fully saturated rings. The molecule has 1 atom stereocenters. The summed E-state index contributed by atoms with van der Waals surface area (Å²) < 4.78 is 5.60. The van der Waals surface area contributed by atoms with E-state index in [9.17, 15) is 0 Å². The molecule has 1 aliphatic rings. The van der Waals surface area contributed by atoms with Crippen molar-refractivity contribution in [3.63, 3.8) is 0 Å². The Morgan fingerprint density at radius 2 is 2.13 bits per heavy atom. The number of ether oxygens (including phenoxy) is 1. The Morgan fingerprint density at radius 3 is 2.67 bits per heavy atom. The van der Waals surface area contributed by atoms with E-state index in [4.69, 9.17) is 10.5 Å². The van der Waals surface area contributed by atoms with E-state index in [1.165, 1.54) is 5.57 Å². The lowest BCUT2D eigenvalue weighted by molar-refractivity contribution is 0.169. The minimum atomic E-state index is 0.291. The van der Waals surface area contributed by atoms with Crippen LogP contribution >= 0.6 is 0 Å². The van der Waals surface area contributed by atoms with E-state index in [-0.39, 0.29) is 0 Å². The topological polar surface area (TPSA) is 38.5 Å². The minimum Gasteiger partial charge on any atom is -0.447 e. The highest BCUT2D eigenvalue weighted by Crippen LogP contribution is 2.27. The zero-order chi connectivity index (χ0) is 11.4. The van der Waals surface area contributed by atoms with Gasteiger partial charge in [-0.1, -0.05) is 13.8 Å². The predicted octanol–water partition coefficient (Wildman–Crippen LogP) is 2.42. The quantitative estimate of drug-likeness (QED) is 0.774. The SMILES string of the molecule is CCCN(CC)C1=C(C)C(C)C(N)=CO1. The van der Waals surface area contributed by atoms with E-state index in [1.54, 1.807) is 6.26 Å². The number of hydrogen-bond acceptors (Lipinski definition) is 3. The lowest BCUT2D eigenvalue weighted by Crippen LogP contribution is -2.29. The summed E-state index contributed by atoms with van der Waals surface area (Å²) in [5, 5.41) is 0. The van der Waals surface area contributed by atoms with Gasteiger partial charge in [0.1, 0.15) is 6.26 Å². The van der Waals surface area contributed by atoms with E-state index in [0.29, 0.717) is 5.92 Å². The molecule has 0 spiro atoms. The van der Waals surface area contributed by atoms with Crippen LogP contribution < -0.4 is 5.73 Å². The monoisotopic (exact) mass is 210 g/mol. The molecular weight excluding hydrogens is 188 g/mol. The first-order valence-corrected chi connectivity index (χ1v) is 5.69. The lowest BCUT2D eigenvalue weighted by Gasteiger charge is -2.30. The molecule has 0 saturated heterocycles. The predicted molar refractivity (Wildman–Crippen MR) is 62.8 cm³/mol. The van der Waals surface area contributed by atoms with Crippen LogP contribution in [-0.2, 0) is 4.74 Å². The second-order valence-electron chi connectivity index (χ2n) is 4.03. The largest absolute Gasteiger partial charge is 0.447 e. The van der Waals surface area contributed by atoms with E-state index < -0.39 is 0 Å². The van der Waals surface area contributed by atoms with Crippen LogP contribution in [0.5, 0.6) is 0 Å². The number of nitrogens with zero attached hydrogens (tertiary/aromatic N) is 1. The highest BCUT2D eigenvalue weighted by Gasteiger charge is 2.21. The molecule has 0 amide bonds. The molecule has 1 aliphatic heterocycles. The van der Waals surface area contributed by atoms with Crippen molar-refractivity contribution in [2.45, 2.75) is 34.1 Å². The Hall–Kier alpha value is -1.12. The molecule has 3 heteroatoms. The first-order valence-electron chi connectivity index (χ1n) is 5.69. The second kappa shape index (κ2) is 5.10. The Bertz CT molecular complexity index is 281. The summed E-state index contributed by atoms with van der Waals surface area (Å²) in [5.74, 6) is 1.28. The zero-order valence-corrected chi connectivity index (χ0v) is 10.2. The standard InChI is InChI=1S/C12H22N2O/c1-5-7-14(6-2)12-10(4)9(3)11(13)8-15-12/h8-9H,5-7,13H2,1-4H3. The Kier molecular flexibility index (Phi) is 4.06. The van der Waals surface area contributed by atoms with Gasteiger partial charge in [0.15, 0.2) is 5.88 Å². The maximum atomic E-state index is 5.83. The number of rotatable bonds is 4. The summed E-state index contributed by atoms with van der Waals surface area (Å²) in [6.07, 6.45) is 2.80. The Balaban J connectivity index is 2.84. The number of allylic oxidation sites excluding steroid dienone is 1. The molecule has 0 saturated carbocycles. The summed E-state index contributed by atoms with van der Waals surface area (Å²) >= 11 is 0. The van der Waals surface area contributed by atoms with Crippen LogP contribution in [0.4, 0.5) is 0 Å². The average Bonchev–Trinajstić information content (AvgIpc) is 2.24. The summed E-state index contributed by atoms with van der Waals surface area (Å²) in [5.41, 5.74) is 7.87. The fourth-order valence-electron chi connectivity index (χ4n) is 1.75. The molecule has 86 valence electrons. The lowest BCUT2D eigenvalue weighted by atomic mass is 9.98. The van der Waals surface area contributed by atoms with Gasteiger partial charge in [0.25, 0.3) is 0 Å². The van der Waals surface area contributed by atoms with Crippen molar-refractivity contribution in [1.29, 1.82) is 0 Å². The molecule has 0 bridgehead atoms. The van der Waals surface area contributed by atoms with Gasteiger partial charge >= 0.3 is 0 Å². The van der Waals surface area contributed by atoms with Crippen LogP contribution in [0.1, 0.15) is 34.1 Å². The fourth-order valence-corrected chi connectivity index (χ4v) is 1.75. The molecule has 0 aromatic rings. The molecule has 3 nitrogen and oxygen atoms in total. The van der Waals surface area contributed by atoms with Gasteiger partial charge in [-0.15, -0.1) is 0 Å². The molecule has 1 unspecified atom stereocenters. The van der Waals surface area contributed by atoms with Crippen molar-refractivity contribution < 1.29 is 4.74 Å². The van der Waals surface area contributed by atoms with Gasteiger partial charge in [-0.25, -0.2) is 0 Å². The van der Waals surface area contributed by atoms with Crippen molar-refractivity contribution in [1.82, 2.24) is 4.90 Å². The van der Waals surface area contributed by atoms with Crippen LogP contribution in [0.15, 0.2) is 23.4 Å². The molecule has 1 heterocycles. The Labute approximate surface area is 92.6 Å². The molecular formula is C12H22N2O. The maximum Gasteiger partial charge on any atom is 0.194 e. The summed E-state index contributed by atoms with van der Waals surface area (Å²) in [4.78, 5) is 2.26. The highest BCUT2D eigenvalue weighted by atomic mass is 16.5. The van der Waals surface area contributed by atoms with Crippen LogP contribution in [0, 0.1) is 5.92 Å². The van der Waals surface area contributed by atoms with Crippen LogP contribution in [0.2, 0.25) is 0 Å². The van der Waals surface area contributed by atoms with Gasteiger partial charge in [-0.2, -0.15) is 0 Å². The number of nitrogens with two attached hydrogens (primary N) is 1. The smallest absolute Gasteiger partial charge is 0.194 e. The van der Waals surface area contributed by atoms with Crippen LogP contribution in [-0.4, -0.2) is 18.0 Å². The molecule has 1 rings (SSSR count). The third-order valence-corrected chi connectivity index (χ3v) is 2.96. The van der Waals surface area contributed by atoms with Gasteiger partial charge in [-0.3, -0.25) is 0 Å². The summed E-state index contributed by atoms with van der Waals surface area (Å²) in [7, 11) is 0. The third kappa shape index (κ3) is 2.46. The third-order valence-electron chi connectivity index (χ3n) is 2.96. The summed E-state index contributed by atoms with van der Waals surface area (Å²) in [6.45, 7) is 10.5. The Morgan fingerprint density at radius 1 is 1.47 bits per heavy atom. The van der Waals surface area contributed by atoms with Gasteiger partial charge in [-0.05, 0) is 25.8 Å². The van der Waals surface area contributed by atoms with Crippen LogP contribution in [0.3, 0.4) is 0 Å². The van der Waals surface area contributed by atoms with Crippen molar-refractivity contribution in [3.8, 4) is 0 Å². The second-order valence-corrected chi connectivity index (χ2v) is 4.03. The molecule has 0 aliphatic carbocycles. The van der Waals surface area contributed by atoms with E-state index >= 15 is 0 Å². The first-order chi connectivity index (χ1) is 7.11. The first kappa shape index (κ1) is 12.0. The summed E-state index contributed by atoms with van der Waals surface area (Å²) in [6, 6.07) is 0. The van der Waals surface area contributed by atoms with E-state index in [1.807, 2.05) is 0 Å². The molecule has 0 aromatic heterocycles. The average molecular weight is 210 g/mol.